The molecule has 6 heteroatoms. The van der Waals surface area contributed by atoms with Gasteiger partial charge < -0.3 is 0 Å². The highest BCUT2D eigenvalue weighted by molar-refractivity contribution is 8.13. The van der Waals surface area contributed by atoms with Crippen molar-refractivity contribution >= 4 is 45.1 Å². The van der Waals surface area contributed by atoms with Gasteiger partial charge in [0.25, 0.3) is 0 Å². The Morgan fingerprint density at radius 2 is 2.39 bits per heavy atom. The third kappa shape index (κ3) is 2.73. The third-order valence-corrected chi connectivity index (χ3v) is 3.02. The molecule has 1 heterocycles. The lowest BCUT2D eigenvalue weighted by molar-refractivity contribution is 1.28. The standard InChI is InChI=1S/C12H9ClN4S/c1-18-12(16-7-14)17-10-4-2-3-8-5-9(13)6-15-11(8)10/h2-6H,1H3,(H,16,17). The van der Waals surface area contributed by atoms with E-state index >= 15 is 0 Å². The molecule has 0 saturated carbocycles. The van der Waals surface area contributed by atoms with E-state index in [1.165, 1.54) is 11.8 Å². The maximum atomic E-state index is 8.61. The van der Waals surface area contributed by atoms with Crippen molar-refractivity contribution in [3.63, 3.8) is 0 Å². The van der Waals surface area contributed by atoms with Crippen molar-refractivity contribution in [2.75, 3.05) is 6.26 Å². The van der Waals surface area contributed by atoms with Crippen LogP contribution in [-0.2, 0) is 0 Å². The Labute approximate surface area is 114 Å². The maximum Gasteiger partial charge on any atom is 0.183 e. The number of pyridine rings is 1. The van der Waals surface area contributed by atoms with E-state index in [4.69, 9.17) is 16.9 Å². The molecule has 0 aliphatic carbocycles. The molecule has 1 aromatic heterocycles. The molecule has 0 atom stereocenters. The summed E-state index contributed by atoms with van der Waals surface area (Å²) >= 11 is 7.26. The number of para-hydroxylation sites is 1. The van der Waals surface area contributed by atoms with Gasteiger partial charge in [0.1, 0.15) is 0 Å². The summed E-state index contributed by atoms with van der Waals surface area (Å²) in [6.07, 6.45) is 5.28. The number of hydrogen-bond donors (Lipinski definition) is 1. The smallest absolute Gasteiger partial charge is 0.183 e. The van der Waals surface area contributed by atoms with Crippen LogP contribution in [0, 0.1) is 11.5 Å². The van der Waals surface area contributed by atoms with Crippen LogP contribution >= 0.6 is 23.4 Å². The van der Waals surface area contributed by atoms with E-state index in [-0.39, 0.29) is 0 Å². The number of fused-ring (bicyclic) bond motifs is 1. The first-order valence-corrected chi connectivity index (χ1v) is 6.67. The lowest BCUT2D eigenvalue weighted by atomic mass is 10.2. The summed E-state index contributed by atoms with van der Waals surface area (Å²) in [6.45, 7) is 0. The van der Waals surface area contributed by atoms with E-state index in [9.17, 15) is 0 Å². The summed E-state index contributed by atoms with van der Waals surface area (Å²) in [5.74, 6) is 0. The molecule has 90 valence electrons. The van der Waals surface area contributed by atoms with Gasteiger partial charge >= 0.3 is 0 Å². The first kappa shape index (κ1) is 12.7. The summed E-state index contributed by atoms with van der Waals surface area (Å²) in [7, 11) is 0. The Kier molecular flexibility index (Phi) is 4.03. The Hall–Kier alpha value is -1.77. The zero-order valence-corrected chi connectivity index (χ0v) is 11.1. The van der Waals surface area contributed by atoms with Gasteiger partial charge in [0.2, 0.25) is 0 Å². The number of aromatic nitrogens is 1. The van der Waals surface area contributed by atoms with E-state index in [0.717, 1.165) is 10.9 Å². The normalized spacial score (nSPS) is 11.3. The van der Waals surface area contributed by atoms with Gasteiger partial charge in [0.05, 0.1) is 16.2 Å². The Bertz CT molecular complexity index is 648. The van der Waals surface area contributed by atoms with E-state index in [0.29, 0.717) is 15.9 Å². The second-order valence-electron chi connectivity index (χ2n) is 3.36. The Morgan fingerprint density at radius 3 is 3.11 bits per heavy atom. The summed E-state index contributed by atoms with van der Waals surface area (Å²) < 4.78 is 0. The molecule has 0 radical (unpaired) electrons. The van der Waals surface area contributed by atoms with Crippen molar-refractivity contribution in [3.05, 3.63) is 35.5 Å². The van der Waals surface area contributed by atoms with Crippen LogP contribution in [0.15, 0.2) is 35.5 Å². The molecule has 4 nitrogen and oxygen atoms in total. The fourth-order valence-electron chi connectivity index (χ4n) is 1.49. The number of nitrogens with one attached hydrogen (secondary N) is 1. The SMILES string of the molecule is CSC(=Nc1cccc2cc(Cl)cnc12)NC#N. The number of nitrogens with zero attached hydrogens (tertiary/aromatic N) is 3. The monoisotopic (exact) mass is 276 g/mol. The van der Waals surface area contributed by atoms with Crippen LogP contribution in [0.4, 0.5) is 5.69 Å². The first-order chi connectivity index (χ1) is 8.74. The lowest BCUT2D eigenvalue weighted by Gasteiger charge is -2.03. The molecule has 2 rings (SSSR count). The topological polar surface area (TPSA) is 61.1 Å². The molecule has 0 fully saturated rings. The van der Waals surface area contributed by atoms with Gasteiger partial charge in [0.15, 0.2) is 11.4 Å². The minimum absolute atomic E-state index is 0.529. The summed E-state index contributed by atoms with van der Waals surface area (Å²) in [6, 6.07) is 7.48. The van der Waals surface area contributed by atoms with Crippen molar-refractivity contribution in [3.8, 4) is 6.19 Å². The van der Waals surface area contributed by atoms with Crippen molar-refractivity contribution in [1.29, 1.82) is 5.26 Å². The molecular formula is C12H9ClN4S. The third-order valence-electron chi connectivity index (χ3n) is 2.23. The zero-order chi connectivity index (χ0) is 13.0. The zero-order valence-electron chi connectivity index (χ0n) is 9.51. The number of amidine groups is 1. The average Bonchev–Trinajstić information content (AvgIpc) is 2.38. The number of thioether (sulfide) groups is 1. The first-order valence-electron chi connectivity index (χ1n) is 5.06. The van der Waals surface area contributed by atoms with Crippen LogP contribution < -0.4 is 5.32 Å². The van der Waals surface area contributed by atoms with E-state index in [1.54, 1.807) is 6.20 Å². The highest BCUT2D eigenvalue weighted by Crippen LogP contribution is 2.26. The van der Waals surface area contributed by atoms with Crippen molar-refractivity contribution in [2.45, 2.75) is 0 Å². The average molecular weight is 277 g/mol. The molecule has 0 bridgehead atoms. The quantitative estimate of drug-likeness (QED) is 0.376. The minimum Gasteiger partial charge on any atom is -0.271 e. The molecule has 0 saturated heterocycles. The minimum atomic E-state index is 0.529. The van der Waals surface area contributed by atoms with Gasteiger partial charge in [-0.05, 0) is 18.4 Å². The molecule has 0 amide bonds. The van der Waals surface area contributed by atoms with Gasteiger partial charge in [0, 0.05) is 11.6 Å². The highest BCUT2D eigenvalue weighted by atomic mass is 35.5. The van der Waals surface area contributed by atoms with E-state index in [1.807, 2.05) is 36.7 Å². The van der Waals surface area contributed by atoms with Crippen LogP contribution in [0.2, 0.25) is 5.02 Å². The maximum absolute atomic E-state index is 8.61. The largest absolute Gasteiger partial charge is 0.271 e. The second-order valence-corrected chi connectivity index (χ2v) is 4.59. The lowest BCUT2D eigenvalue weighted by Crippen LogP contribution is -2.12. The predicted molar refractivity (Wildman–Crippen MR) is 76.1 cm³/mol. The van der Waals surface area contributed by atoms with Gasteiger partial charge in [-0.3, -0.25) is 10.3 Å². The van der Waals surface area contributed by atoms with Crippen LogP contribution in [0.25, 0.3) is 10.9 Å². The Balaban J connectivity index is 2.55. The van der Waals surface area contributed by atoms with Gasteiger partial charge in [-0.25, -0.2) is 4.99 Å². The molecule has 2 aromatic rings. The summed E-state index contributed by atoms with van der Waals surface area (Å²) in [4.78, 5) is 8.63. The molecule has 0 spiro atoms. The number of aliphatic imine (C=N–C) groups is 1. The number of halogens is 1. The molecule has 1 N–H and O–H groups in total. The summed E-state index contributed by atoms with van der Waals surface area (Å²) in [5, 5.41) is 13.2. The number of rotatable bonds is 1. The van der Waals surface area contributed by atoms with Gasteiger partial charge in [-0.15, -0.1) is 0 Å². The van der Waals surface area contributed by atoms with Gasteiger partial charge in [-0.2, -0.15) is 5.26 Å². The van der Waals surface area contributed by atoms with E-state index < -0.39 is 0 Å². The number of benzene rings is 1. The molecular weight excluding hydrogens is 268 g/mol. The van der Waals surface area contributed by atoms with Crippen LogP contribution in [-0.4, -0.2) is 16.4 Å². The van der Waals surface area contributed by atoms with Crippen LogP contribution in [0.1, 0.15) is 0 Å². The molecule has 0 aliphatic heterocycles. The van der Waals surface area contributed by atoms with Gasteiger partial charge in [-0.1, -0.05) is 35.5 Å². The fraction of sp³-hybridized carbons (Fsp3) is 0.0833. The predicted octanol–water partition coefficient (Wildman–Crippen LogP) is 3.31. The number of hydrogen-bond acceptors (Lipinski definition) is 4. The van der Waals surface area contributed by atoms with Crippen molar-refractivity contribution in [2.24, 2.45) is 4.99 Å². The van der Waals surface area contributed by atoms with Crippen molar-refractivity contribution in [1.82, 2.24) is 10.3 Å². The fourth-order valence-corrected chi connectivity index (χ4v) is 1.99. The molecule has 18 heavy (non-hydrogen) atoms. The molecule has 0 aliphatic rings. The second kappa shape index (κ2) is 5.71. The van der Waals surface area contributed by atoms with E-state index in [2.05, 4.69) is 15.3 Å². The molecule has 1 aromatic carbocycles. The number of nitriles is 1. The van der Waals surface area contributed by atoms with Crippen LogP contribution in [0.5, 0.6) is 0 Å². The van der Waals surface area contributed by atoms with Crippen LogP contribution in [0.3, 0.4) is 0 Å². The van der Waals surface area contributed by atoms with Crippen molar-refractivity contribution < 1.29 is 0 Å². The molecule has 0 unspecified atom stereocenters. The Morgan fingerprint density at radius 1 is 1.56 bits per heavy atom. The highest BCUT2D eigenvalue weighted by Gasteiger charge is 2.03. The summed E-state index contributed by atoms with van der Waals surface area (Å²) in [5.41, 5.74) is 1.46.